The second-order valence-electron chi connectivity index (χ2n) is 11.3. The zero-order chi connectivity index (χ0) is 25.9. The normalized spacial score (nSPS) is 18.2. The number of carbonyl (C=O) groups excluding carboxylic acids is 3. The number of esters is 1. The van der Waals surface area contributed by atoms with Gasteiger partial charge in [0.2, 0.25) is 11.8 Å². The number of ether oxygens (including phenoxy) is 1. The number of hydrogen-bond acceptors (Lipinski definition) is 5. The van der Waals surface area contributed by atoms with Crippen LogP contribution < -0.4 is 16.0 Å². The predicted molar refractivity (Wildman–Crippen MR) is 141 cm³/mol. The van der Waals surface area contributed by atoms with Gasteiger partial charge in [0, 0.05) is 24.3 Å². The van der Waals surface area contributed by atoms with E-state index in [-0.39, 0.29) is 17.2 Å². The van der Waals surface area contributed by atoms with E-state index >= 15 is 0 Å². The highest BCUT2D eigenvalue weighted by molar-refractivity contribution is 5.97. The molecule has 2 aromatic carbocycles. The number of rotatable bonds is 6. The highest BCUT2D eigenvalue weighted by atomic mass is 16.6. The molecule has 1 aliphatic heterocycles. The summed E-state index contributed by atoms with van der Waals surface area (Å²) in [6.45, 7) is 6.24. The lowest BCUT2D eigenvalue weighted by atomic mass is 9.73. The van der Waals surface area contributed by atoms with Gasteiger partial charge < -0.3 is 20.7 Å². The smallest absolute Gasteiger partial charge is 0.338 e. The molecule has 2 aliphatic rings. The molecular formula is C29H37N3O4. The molecule has 2 aromatic rings. The molecule has 1 heterocycles. The molecular weight excluding hydrogens is 454 g/mol. The first-order valence-electron chi connectivity index (χ1n) is 12.8. The fourth-order valence-electron chi connectivity index (χ4n) is 5.19. The molecule has 7 nitrogen and oxygen atoms in total. The van der Waals surface area contributed by atoms with E-state index in [1.54, 1.807) is 24.3 Å². The van der Waals surface area contributed by atoms with Gasteiger partial charge in [-0.15, -0.1) is 0 Å². The molecule has 0 bridgehead atoms. The van der Waals surface area contributed by atoms with Gasteiger partial charge in [0.25, 0.3) is 0 Å². The summed E-state index contributed by atoms with van der Waals surface area (Å²) in [5.41, 5.74) is 8.56. The summed E-state index contributed by atoms with van der Waals surface area (Å²) in [6.07, 6.45) is 7.01. The lowest BCUT2D eigenvalue weighted by Crippen LogP contribution is -2.37. The monoisotopic (exact) mass is 491 g/mol. The fourth-order valence-corrected chi connectivity index (χ4v) is 5.19. The summed E-state index contributed by atoms with van der Waals surface area (Å²) in [5, 5.41) is 2.80. The van der Waals surface area contributed by atoms with Gasteiger partial charge >= 0.3 is 5.97 Å². The van der Waals surface area contributed by atoms with Crippen LogP contribution in [0.25, 0.3) is 0 Å². The lowest BCUT2D eigenvalue weighted by Gasteiger charge is -2.32. The van der Waals surface area contributed by atoms with Gasteiger partial charge in [0.15, 0.2) is 0 Å². The molecule has 4 rings (SSSR count). The maximum Gasteiger partial charge on any atom is 0.338 e. The molecule has 1 spiro atoms. The Hall–Kier alpha value is -3.19. The second-order valence-corrected chi connectivity index (χ2v) is 11.3. The van der Waals surface area contributed by atoms with Gasteiger partial charge in [-0.3, -0.25) is 9.59 Å². The Kier molecular flexibility index (Phi) is 7.50. The largest absolute Gasteiger partial charge is 0.456 e. The molecule has 0 radical (unpaired) electrons. The van der Waals surface area contributed by atoms with Crippen LogP contribution in [0.3, 0.4) is 0 Å². The first-order chi connectivity index (χ1) is 17.0. The van der Waals surface area contributed by atoms with Crippen LogP contribution in [-0.2, 0) is 20.7 Å². The van der Waals surface area contributed by atoms with Crippen molar-refractivity contribution >= 4 is 29.2 Å². The van der Waals surface area contributed by atoms with Crippen molar-refractivity contribution in [3.8, 4) is 0 Å². The summed E-state index contributed by atoms with van der Waals surface area (Å²) < 4.78 is 5.36. The second kappa shape index (κ2) is 10.4. The van der Waals surface area contributed by atoms with Gasteiger partial charge in [0.1, 0.15) is 5.60 Å². The van der Waals surface area contributed by atoms with Crippen molar-refractivity contribution < 1.29 is 19.1 Å². The maximum atomic E-state index is 12.7. The van der Waals surface area contributed by atoms with Gasteiger partial charge in [0.05, 0.1) is 11.6 Å². The fraction of sp³-hybridized carbons (Fsp3) is 0.483. The maximum absolute atomic E-state index is 12.7. The van der Waals surface area contributed by atoms with Crippen LogP contribution in [0, 0.1) is 5.41 Å². The summed E-state index contributed by atoms with van der Waals surface area (Å²) in [6, 6.07) is 13.6. The van der Waals surface area contributed by atoms with Crippen LogP contribution in [-0.4, -0.2) is 36.0 Å². The molecule has 192 valence electrons. The van der Waals surface area contributed by atoms with E-state index in [9.17, 15) is 14.4 Å². The van der Waals surface area contributed by atoms with Crippen LogP contribution >= 0.6 is 0 Å². The molecule has 7 heteroatoms. The summed E-state index contributed by atoms with van der Waals surface area (Å²) in [4.78, 5) is 39.4. The van der Waals surface area contributed by atoms with Gasteiger partial charge in [-0.05, 0) is 87.4 Å². The summed E-state index contributed by atoms with van der Waals surface area (Å²) in [7, 11) is 0. The number of nitrogens with two attached hydrogens (primary N) is 1. The van der Waals surface area contributed by atoms with Gasteiger partial charge in [-0.2, -0.15) is 0 Å². The Morgan fingerprint density at radius 3 is 2.28 bits per heavy atom. The van der Waals surface area contributed by atoms with Crippen molar-refractivity contribution in [3.63, 3.8) is 0 Å². The van der Waals surface area contributed by atoms with Crippen molar-refractivity contribution in [2.75, 3.05) is 16.8 Å². The van der Waals surface area contributed by atoms with Crippen LogP contribution in [0.5, 0.6) is 0 Å². The SMILES string of the molecule is CC(C)(C)OC(=O)c1ccc(NC(=O)[C@@H](N)Cc2ccc(N3CC4(CCCCC4)CC3=O)cc2)cc1. The van der Waals surface area contributed by atoms with Crippen LogP contribution in [0.15, 0.2) is 48.5 Å². The van der Waals surface area contributed by atoms with E-state index in [1.807, 2.05) is 49.9 Å². The van der Waals surface area contributed by atoms with Gasteiger partial charge in [-0.1, -0.05) is 31.4 Å². The Bertz CT molecular complexity index is 1100. The van der Waals surface area contributed by atoms with Crippen molar-refractivity contribution in [2.45, 2.75) is 77.4 Å². The quantitative estimate of drug-likeness (QED) is 0.563. The highest BCUT2D eigenvalue weighted by Gasteiger charge is 2.43. The number of carbonyl (C=O) groups is 3. The predicted octanol–water partition coefficient (Wildman–Crippen LogP) is 4.84. The molecule has 1 saturated heterocycles. The van der Waals surface area contributed by atoms with Crippen LogP contribution in [0.4, 0.5) is 11.4 Å². The molecule has 2 amide bonds. The zero-order valence-electron chi connectivity index (χ0n) is 21.5. The lowest BCUT2D eigenvalue weighted by molar-refractivity contribution is -0.118. The molecule has 2 fully saturated rings. The van der Waals surface area contributed by atoms with Crippen LogP contribution in [0.2, 0.25) is 0 Å². The number of benzene rings is 2. The Balaban J connectivity index is 1.31. The highest BCUT2D eigenvalue weighted by Crippen LogP contribution is 2.45. The van der Waals surface area contributed by atoms with Crippen molar-refractivity contribution in [1.29, 1.82) is 0 Å². The third-order valence-corrected chi connectivity index (χ3v) is 7.06. The molecule has 1 aliphatic carbocycles. The molecule has 36 heavy (non-hydrogen) atoms. The Labute approximate surface area is 213 Å². The van der Waals surface area contributed by atoms with E-state index in [4.69, 9.17) is 10.5 Å². The molecule has 0 unspecified atom stereocenters. The number of nitrogens with zero attached hydrogens (tertiary/aromatic N) is 1. The first-order valence-corrected chi connectivity index (χ1v) is 12.8. The average molecular weight is 492 g/mol. The molecule has 1 atom stereocenters. The topological polar surface area (TPSA) is 102 Å². The molecule has 3 N–H and O–H groups in total. The van der Waals surface area contributed by atoms with E-state index in [0.717, 1.165) is 30.6 Å². The van der Waals surface area contributed by atoms with Crippen molar-refractivity contribution in [3.05, 3.63) is 59.7 Å². The average Bonchev–Trinajstić information content (AvgIpc) is 3.14. The third kappa shape index (κ3) is 6.32. The number of anilines is 2. The molecule has 1 saturated carbocycles. The van der Waals surface area contributed by atoms with E-state index < -0.39 is 17.6 Å². The van der Waals surface area contributed by atoms with Crippen molar-refractivity contribution in [1.82, 2.24) is 0 Å². The minimum atomic E-state index is -0.736. The van der Waals surface area contributed by atoms with E-state index in [1.165, 1.54) is 19.3 Å². The minimum Gasteiger partial charge on any atom is -0.456 e. The van der Waals surface area contributed by atoms with Crippen LogP contribution in [0.1, 0.15) is 75.2 Å². The zero-order valence-corrected chi connectivity index (χ0v) is 21.5. The standard InChI is InChI=1S/C29H37N3O4/c1-28(2,3)36-27(35)21-9-11-22(12-10-21)31-26(34)24(30)17-20-7-13-23(14-8-20)32-19-29(18-25(32)33)15-5-4-6-16-29/h7-14,24H,4-6,15-19,30H2,1-3H3,(H,31,34)/t24-/m0/s1. The Morgan fingerprint density at radius 2 is 1.67 bits per heavy atom. The summed E-state index contributed by atoms with van der Waals surface area (Å²) >= 11 is 0. The number of nitrogens with one attached hydrogen (secondary N) is 1. The summed E-state index contributed by atoms with van der Waals surface area (Å²) in [5.74, 6) is -0.512. The minimum absolute atomic E-state index is 0.152. The number of hydrogen-bond donors (Lipinski definition) is 2. The first kappa shape index (κ1) is 25.9. The third-order valence-electron chi connectivity index (χ3n) is 7.06. The number of amides is 2. The van der Waals surface area contributed by atoms with E-state index in [2.05, 4.69) is 5.32 Å². The van der Waals surface area contributed by atoms with Crippen molar-refractivity contribution in [2.24, 2.45) is 11.1 Å². The van der Waals surface area contributed by atoms with E-state index in [0.29, 0.717) is 24.1 Å². The van der Waals surface area contributed by atoms with Gasteiger partial charge in [-0.25, -0.2) is 4.79 Å². The molecule has 0 aromatic heterocycles. The Morgan fingerprint density at radius 1 is 1.03 bits per heavy atom.